The van der Waals surface area contributed by atoms with Gasteiger partial charge >= 0.3 is 0 Å². The minimum Gasteiger partial charge on any atom is -0.298 e. The first kappa shape index (κ1) is 13.5. The highest BCUT2D eigenvalue weighted by Crippen LogP contribution is 2.25. The van der Waals surface area contributed by atoms with Crippen LogP contribution in [0.2, 0.25) is 0 Å². The first-order valence-corrected chi connectivity index (χ1v) is 5.95. The van der Waals surface area contributed by atoms with Gasteiger partial charge in [0.05, 0.1) is 17.0 Å². The van der Waals surface area contributed by atoms with Crippen molar-refractivity contribution in [1.82, 2.24) is 9.97 Å². The number of benzene rings is 1. The van der Waals surface area contributed by atoms with Gasteiger partial charge in [-0.25, -0.2) is 14.4 Å². The molecule has 0 bridgehead atoms. The van der Waals surface area contributed by atoms with E-state index in [1.54, 1.807) is 26.1 Å². The molecule has 1 aromatic heterocycles. The minimum absolute atomic E-state index is 0.339. The highest BCUT2D eigenvalue weighted by Gasteiger charge is 2.14. The molecule has 0 fully saturated rings. The van der Waals surface area contributed by atoms with Gasteiger partial charge < -0.3 is 0 Å². The van der Waals surface area contributed by atoms with Gasteiger partial charge in [-0.1, -0.05) is 12.8 Å². The zero-order valence-corrected chi connectivity index (χ0v) is 11.4. The summed E-state index contributed by atoms with van der Waals surface area (Å²) < 4.78 is 14.4. The van der Waals surface area contributed by atoms with E-state index in [-0.39, 0.29) is 5.82 Å². The van der Waals surface area contributed by atoms with Crippen molar-refractivity contribution in [2.75, 3.05) is 11.4 Å². The lowest BCUT2D eigenvalue weighted by atomic mass is 10.1. The average molecular weight is 277 g/mol. The van der Waals surface area contributed by atoms with Crippen LogP contribution in [0, 0.1) is 12.7 Å². The third-order valence-electron chi connectivity index (χ3n) is 2.65. The maximum absolute atomic E-state index is 12.9. The van der Waals surface area contributed by atoms with E-state index in [4.69, 9.17) is 0 Å². The topological polar surface area (TPSA) is 46.1 Å². The van der Waals surface area contributed by atoms with Gasteiger partial charge in [-0.2, -0.15) is 0 Å². The van der Waals surface area contributed by atoms with Gasteiger partial charge in [-0.15, -0.1) is 0 Å². The monoisotopic (exact) mass is 277 g/mol. The summed E-state index contributed by atoms with van der Waals surface area (Å²) in [5.41, 5.74) is 2.08. The molecule has 0 atom stereocenters. The molecule has 0 aliphatic carbocycles. The molecule has 0 amide bonds. The number of hydrogen-bond donors (Lipinski definition) is 1. The molecule has 6 heteroatoms. The van der Waals surface area contributed by atoms with E-state index in [0.717, 1.165) is 0 Å². The molecule has 0 aliphatic heterocycles. The van der Waals surface area contributed by atoms with E-state index < -0.39 is 0 Å². The number of aldehydes is 1. The smallest absolute Gasteiger partial charge is 0.235 e. The summed E-state index contributed by atoms with van der Waals surface area (Å²) in [7, 11) is 1.69. The van der Waals surface area contributed by atoms with Gasteiger partial charge in [0.2, 0.25) is 5.95 Å². The SMILES string of the molecule is Cc1nc(N(C)S)nc(-c2ccc(F)cc2)c1C=O. The number of halogens is 1. The zero-order valence-electron chi connectivity index (χ0n) is 10.5. The number of aromatic nitrogens is 2. The van der Waals surface area contributed by atoms with Crippen LogP contribution in [-0.2, 0) is 0 Å². The number of rotatable bonds is 3. The van der Waals surface area contributed by atoms with Crippen molar-refractivity contribution in [2.45, 2.75) is 6.92 Å². The number of hydrogen-bond acceptors (Lipinski definition) is 5. The molecular formula is C13H12FN3OS. The Labute approximate surface area is 115 Å². The van der Waals surface area contributed by atoms with Crippen LogP contribution < -0.4 is 4.31 Å². The van der Waals surface area contributed by atoms with Gasteiger partial charge in [-0.3, -0.25) is 9.10 Å². The highest BCUT2D eigenvalue weighted by atomic mass is 32.1. The van der Waals surface area contributed by atoms with E-state index in [0.29, 0.717) is 34.7 Å². The summed E-state index contributed by atoms with van der Waals surface area (Å²) in [6.07, 6.45) is 0.705. The van der Waals surface area contributed by atoms with Crippen LogP contribution in [-0.4, -0.2) is 23.3 Å². The molecule has 1 heterocycles. The van der Waals surface area contributed by atoms with Gasteiger partial charge in [0, 0.05) is 12.6 Å². The quantitative estimate of drug-likeness (QED) is 0.692. The Hall–Kier alpha value is -1.95. The van der Waals surface area contributed by atoms with Crippen molar-refractivity contribution >= 4 is 25.0 Å². The minimum atomic E-state index is -0.339. The zero-order chi connectivity index (χ0) is 14.0. The summed E-state index contributed by atoms with van der Waals surface area (Å²) in [6.45, 7) is 1.72. The van der Waals surface area contributed by atoms with Gasteiger partial charge in [0.1, 0.15) is 5.82 Å². The van der Waals surface area contributed by atoms with E-state index in [1.807, 2.05) is 0 Å². The molecule has 0 radical (unpaired) electrons. The molecule has 1 aromatic carbocycles. The molecule has 4 nitrogen and oxygen atoms in total. The van der Waals surface area contributed by atoms with Crippen LogP contribution in [0.4, 0.5) is 10.3 Å². The average Bonchev–Trinajstić information content (AvgIpc) is 2.38. The molecule has 2 rings (SSSR count). The summed E-state index contributed by atoms with van der Waals surface area (Å²) in [5, 5.41) is 0. The molecule has 0 aliphatic rings. The highest BCUT2D eigenvalue weighted by molar-refractivity contribution is 7.81. The fraction of sp³-hybridized carbons (Fsp3) is 0.154. The third kappa shape index (κ3) is 2.73. The maximum Gasteiger partial charge on any atom is 0.235 e. The molecule has 0 saturated heterocycles. The van der Waals surface area contributed by atoms with Crippen LogP contribution in [0.3, 0.4) is 0 Å². The summed E-state index contributed by atoms with van der Waals surface area (Å²) in [6, 6.07) is 5.80. The Bertz CT molecular complexity index is 614. The first-order valence-electron chi connectivity index (χ1n) is 5.55. The van der Waals surface area contributed by atoms with Crippen molar-refractivity contribution in [2.24, 2.45) is 0 Å². The molecule has 0 unspecified atom stereocenters. The summed E-state index contributed by atoms with van der Waals surface area (Å²) in [4.78, 5) is 19.7. The van der Waals surface area contributed by atoms with Crippen LogP contribution in [0.25, 0.3) is 11.3 Å². The van der Waals surface area contributed by atoms with Crippen molar-refractivity contribution in [3.63, 3.8) is 0 Å². The summed E-state index contributed by atoms with van der Waals surface area (Å²) in [5.74, 6) is 0.0412. The summed E-state index contributed by atoms with van der Waals surface area (Å²) >= 11 is 4.13. The molecular weight excluding hydrogens is 265 g/mol. The van der Waals surface area contributed by atoms with Crippen molar-refractivity contribution in [3.8, 4) is 11.3 Å². The Morgan fingerprint density at radius 3 is 2.42 bits per heavy atom. The van der Waals surface area contributed by atoms with E-state index in [9.17, 15) is 9.18 Å². The van der Waals surface area contributed by atoms with Gasteiger partial charge in [-0.05, 0) is 31.2 Å². The molecule has 2 aromatic rings. The number of carbonyl (C=O) groups is 1. The molecule has 0 spiro atoms. The molecule has 0 N–H and O–H groups in total. The van der Waals surface area contributed by atoms with Crippen LogP contribution in [0.5, 0.6) is 0 Å². The van der Waals surface area contributed by atoms with E-state index in [1.165, 1.54) is 16.4 Å². The largest absolute Gasteiger partial charge is 0.298 e. The Kier molecular flexibility index (Phi) is 3.80. The Morgan fingerprint density at radius 1 is 1.26 bits per heavy atom. The normalized spacial score (nSPS) is 10.3. The van der Waals surface area contributed by atoms with Crippen LogP contribution in [0.1, 0.15) is 16.1 Å². The fourth-order valence-electron chi connectivity index (χ4n) is 1.68. The number of anilines is 1. The first-order chi connectivity index (χ1) is 9.02. The van der Waals surface area contributed by atoms with Gasteiger partial charge in [0.25, 0.3) is 0 Å². The maximum atomic E-state index is 12.9. The second-order valence-electron chi connectivity index (χ2n) is 4.02. The predicted molar refractivity (Wildman–Crippen MR) is 74.9 cm³/mol. The lowest BCUT2D eigenvalue weighted by molar-refractivity contribution is 0.112. The predicted octanol–water partition coefficient (Wildman–Crippen LogP) is 2.68. The lowest BCUT2D eigenvalue weighted by Gasteiger charge is -2.13. The van der Waals surface area contributed by atoms with Crippen molar-refractivity contribution < 1.29 is 9.18 Å². The van der Waals surface area contributed by atoms with Crippen LogP contribution >= 0.6 is 12.8 Å². The standard InChI is InChI=1S/C13H12FN3OS/c1-8-11(7-18)12(16-13(15-8)17(2)19)9-3-5-10(14)6-4-9/h3-7,19H,1-2H3. The number of carbonyl (C=O) groups excluding carboxylic acids is 1. The second kappa shape index (κ2) is 5.36. The molecule has 0 saturated carbocycles. The van der Waals surface area contributed by atoms with E-state index in [2.05, 4.69) is 22.8 Å². The second-order valence-corrected chi connectivity index (χ2v) is 4.62. The van der Waals surface area contributed by atoms with Crippen LogP contribution in [0.15, 0.2) is 24.3 Å². The third-order valence-corrected chi connectivity index (χ3v) is 2.83. The lowest BCUT2D eigenvalue weighted by Crippen LogP contribution is -2.10. The Balaban J connectivity index is 2.65. The fourth-order valence-corrected chi connectivity index (χ4v) is 1.77. The van der Waals surface area contributed by atoms with Gasteiger partial charge in [0.15, 0.2) is 6.29 Å². The van der Waals surface area contributed by atoms with Crippen molar-refractivity contribution in [1.29, 1.82) is 0 Å². The Morgan fingerprint density at radius 2 is 1.89 bits per heavy atom. The number of nitrogens with zero attached hydrogens (tertiary/aromatic N) is 3. The molecule has 98 valence electrons. The number of aryl methyl sites for hydroxylation is 1. The van der Waals surface area contributed by atoms with Crippen molar-refractivity contribution in [3.05, 3.63) is 41.3 Å². The molecule has 19 heavy (non-hydrogen) atoms. The number of thiol groups is 1. The van der Waals surface area contributed by atoms with E-state index >= 15 is 0 Å².